The normalized spacial score (nSPS) is 15.4. The average molecular weight is 278 g/mol. The summed E-state index contributed by atoms with van der Waals surface area (Å²) in [5.74, 6) is 1.77. The van der Waals surface area contributed by atoms with Crippen molar-refractivity contribution in [2.24, 2.45) is 0 Å². The Hall–Kier alpha value is -1.22. The fraction of sp³-hybridized carbons (Fsp3) is 0.647. The van der Waals surface area contributed by atoms with E-state index in [0.717, 1.165) is 24.5 Å². The minimum absolute atomic E-state index is 0.809. The van der Waals surface area contributed by atoms with E-state index in [4.69, 9.17) is 9.47 Å². The molecule has 1 aliphatic heterocycles. The molecule has 1 N–H and O–H groups in total. The van der Waals surface area contributed by atoms with Gasteiger partial charge in [-0.3, -0.25) is 0 Å². The van der Waals surface area contributed by atoms with Crippen LogP contribution < -0.4 is 14.4 Å². The lowest BCUT2D eigenvalue weighted by atomic mass is 10.2. The molecule has 3 nitrogen and oxygen atoms in total. The Labute approximate surface area is 122 Å². The number of rotatable bonds is 9. The van der Waals surface area contributed by atoms with Gasteiger partial charge in [0, 0.05) is 18.9 Å². The quantitative estimate of drug-likeness (QED) is 0.701. The third-order valence-electron chi connectivity index (χ3n) is 4.05. The molecule has 0 aliphatic carbocycles. The van der Waals surface area contributed by atoms with Crippen LogP contribution in [0.3, 0.4) is 0 Å². The summed E-state index contributed by atoms with van der Waals surface area (Å²) in [7, 11) is 1.68. The van der Waals surface area contributed by atoms with Gasteiger partial charge in [-0.1, -0.05) is 6.07 Å². The molecule has 3 heteroatoms. The van der Waals surface area contributed by atoms with Crippen LogP contribution in [0.4, 0.5) is 0 Å². The fourth-order valence-electron chi connectivity index (χ4n) is 2.84. The van der Waals surface area contributed by atoms with Crippen molar-refractivity contribution < 1.29 is 14.4 Å². The molecule has 1 aromatic carbocycles. The Morgan fingerprint density at radius 1 is 1.00 bits per heavy atom. The van der Waals surface area contributed by atoms with Crippen molar-refractivity contribution in [2.45, 2.75) is 38.5 Å². The van der Waals surface area contributed by atoms with E-state index < -0.39 is 0 Å². The first-order valence-electron chi connectivity index (χ1n) is 7.99. The molecule has 20 heavy (non-hydrogen) atoms. The van der Waals surface area contributed by atoms with Gasteiger partial charge in [-0.2, -0.15) is 0 Å². The number of hydrogen-bond acceptors (Lipinski definition) is 2. The second-order valence-corrected chi connectivity index (χ2v) is 5.65. The summed E-state index contributed by atoms with van der Waals surface area (Å²) in [5.41, 5.74) is 0. The van der Waals surface area contributed by atoms with Crippen LogP contribution in [0.25, 0.3) is 0 Å². The molecule has 0 unspecified atom stereocenters. The second kappa shape index (κ2) is 8.85. The number of likely N-dealkylation sites (tertiary alicyclic amines) is 1. The summed E-state index contributed by atoms with van der Waals surface area (Å²) in [6.45, 7) is 4.98. The summed E-state index contributed by atoms with van der Waals surface area (Å²) in [6, 6.07) is 7.83. The van der Waals surface area contributed by atoms with Crippen LogP contribution >= 0.6 is 0 Å². The third-order valence-corrected chi connectivity index (χ3v) is 4.05. The maximum absolute atomic E-state index is 5.74. The number of quaternary nitrogens is 1. The van der Waals surface area contributed by atoms with Crippen molar-refractivity contribution in [2.75, 3.05) is 33.4 Å². The second-order valence-electron chi connectivity index (χ2n) is 5.65. The predicted molar refractivity (Wildman–Crippen MR) is 81.8 cm³/mol. The van der Waals surface area contributed by atoms with Crippen molar-refractivity contribution in [3.63, 3.8) is 0 Å². The highest BCUT2D eigenvalue weighted by molar-refractivity contribution is 5.32. The molecule has 0 spiro atoms. The zero-order chi connectivity index (χ0) is 14.0. The van der Waals surface area contributed by atoms with Gasteiger partial charge in [-0.25, -0.2) is 0 Å². The van der Waals surface area contributed by atoms with Gasteiger partial charge in [0.15, 0.2) is 0 Å². The molecule has 0 radical (unpaired) electrons. The van der Waals surface area contributed by atoms with E-state index in [1.54, 1.807) is 7.11 Å². The molecule has 0 amide bonds. The predicted octanol–water partition coefficient (Wildman–Crippen LogP) is 2.31. The van der Waals surface area contributed by atoms with Gasteiger partial charge in [0.05, 0.1) is 33.4 Å². The molecule has 1 aromatic rings. The highest BCUT2D eigenvalue weighted by atomic mass is 16.5. The first-order chi connectivity index (χ1) is 9.88. The molecular weight excluding hydrogens is 250 g/mol. The molecule has 2 rings (SSSR count). The minimum Gasteiger partial charge on any atom is -0.497 e. The van der Waals surface area contributed by atoms with E-state index >= 15 is 0 Å². The molecule has 1 saturated heterocycles. The lowest BCUT2D eigenvalue weighted by Crippen LogP contribution is -3.09. The Morgan fingerprint density at radius 2 is 1.75 bits per heavy atom. The number of ether oxygens (including phenoxy) is 2. The Bertz CT molecular complexity index is 375. The van der Waals surface area contributed by atoms with Gasteiger partial charge in [0.1, 0.15) is 11.5 Å². The monoisotopic (exact) mass is 278 g/mol. The SMILES string of the molecule is COc1cccc(OCCCCCC[NH+]2CCCC2)c1. The van der Waals surface area contributed by atoms with Crippen LogP contribution in [0.1, 0.15) is 38.5 Å². The van der Waals surface area contributed by atoms with Crippen molar-refractivity contribution in [3.05, 3.63) is 24.3 Å². The molecule has 0 atom stereocenters. The van der Waals surface area contributed by atoms with Crippen molar-refractivity contribution in [1.29, 1.82) is 0 Å². The highest BCUT2D eigenvalue weighted by Gasteiger charge is 2.13. The number of methoxy groups -OCH3 is 1. The Morgan fingerprint density at radius 3 is 2.55 bits per heavy atom. The van der Waals surface area contributed by atoms with Crippen molar-refractivity contribution >= 4 is 0 Å². The summed E-state index contributed by atoms with van der Waals surface area (Å²) in [6.07, 6.45) is 8.00. The van der Waals surface area contributed by atoms with E-state index in [1.807, 2.05) is 29.2 Å². The van der Waals surface area contributed by atoms with Gasteiger partial charge >= 0.3 is 0 Å². The minimum atomic E-state index is 0.809. The van der Waals surface area contributed by atoms with Crippen LogP contribution in [0.5, 0.6) is 11.5 Å². The van der Waals surface area contributed by atoms with Gasteiger partial charge in [0.2, 0.25) is 0 Å². The summed E-state index contributed by atoms with van der Waals surface area (Å²) in [5, 5.41) is 0. The molecule has 112 valence electrons. The topological polar surface area (TPSA) is 22.9 Å². The summed E-state index contributed by atoms with van der Waals surface area (Å²) in [4.78, 5) is 1.82. The van der Waals surface area contributed by atoms with Gasteiger partial charge < -0.3 is 14.4 Å². The van der Waals surface area contributed by atoms with Crippen LogP contribution in [0.2, 0.25) is 0 Å². The summed E-state index contributed by atoms with van der Waals surface area (Å²) >= 11 is 0. The third kappa shape index (κ3) is 5.41. The lowest BCUT2D eigenvalue weighted by molar-refractivity contribution is -0.887. The van der Waals surface area contributed by atoms with E-state index in [9.17, 15) is 0 Å². The fourth-order valence-corrected chi connectivity index (χ4v) is 2.84. The van der Waals surface area contributed by atoms with Crippen molar-refractivity contribution in [1.82, 2.24) is 0 Å². The van der Waals surface area contributed by atoms with E-state index in [2.05, 4.69) is 0 Å². The highest BCUT2D eigenvalue weighted by Crippen LogP contribution is 2.19. The Kier molecular flexibility index (Phi) is 6.72. The molecule has 0 saturated carbocycles. The number of hydrogen-bond donors (Lipinski definition) is 1. The average Bonchev–Trinajstić information content (AvgIpc) is 3.00. The maximum Gasteiger partial charge on any atom is 0.122 e. The van der Waals surface area contributed by atoms with Gasteiger partial charge in [0.25, 0.3) is 0 Å². The van der Waals surface area contributed by atoms with Gasteiger partial charge in [-0.05, 0) is 37.8 Å². The van der Waals surface area contributed by atoms with Crippen LogP contribution in [-0.2, 0) is 0 Å². The zero-order valence-corrected chi connectivity index (χ0v) is 12.7. The number of benzene rings is 1. The largest absolute Gasteiger partial charge is 0.497 e. The molecular formula is C17H28NO2+. The van der Waals surface area contributed by atoms with Crippen LogP contribution in [0.15, 0.2) is 24.3 Å². The maximum atomic E-state index is 5.74. The summed E-state index contributed by atoms with van der Waals surface area (Å²) < 4.78 is 10.9. The molecule has 0 aromatic heterocycles. The smallest absolute Gasteiger partial charge is 0.122 e. The number of unbranched alkanes of at least 4 members (excludes halogenated alkanes) is 3. The Balaban J connectivity index is 1.48. The van der Waals surface area contributed by atoms with E-state index in [-0.39, 0.29) is 0 Å². The van der Waals surface area contributed by atoms with E-state index in [1.165, 1.54) is 51.7 Å². The number of nitrogens with one attached hydrogen (secondary N) is 1. The molecule has 1 aliphatic rings. The van der Waals surface area contributed by atoms with Crippen LogP contribution in [0, 0.1) is 0 Å². The lowest BCUT2D eigenvalue weighted by Gasteiger charge is -2.11. The molecule has 1 heterocycles. The van der Waals surface area contributed by atoms with Gasteiger partial charge in [-0.15, -0.1) is 0 Å². The standard InChI is InChI=1S/C17H27NO2/c1-19-16-9-8-10-17(15-16)20-14-7-3-2-4-11-18-12-5-6-13-18/h8-10,15H,2-7,11-14H2,1H3/p+1. The van der Waals surface area contributed by atoms with E-state index in [0.29, 0.717) is 0 Å². The first-order valence-corrected chi connectivity index (χ1v) is 7.99. The zero-order valence-electron chi connectivity index (χ0n) is 12.7. The van der Waals surface area contributed by atoms with Crippen molar-refractivity contribution in [3.8, 4) is 11.5 Å². The molecule has 1 fully saturated rings. The first kappa shape index (κ1) is 15.2. The molecule has 0 bridgehead atoms. The van der Waals surface area contributed by atoms with Crippen LogP contribution in [-0.4, -0.2) is 33.4 Å².